The van der Waals surface area contributed by atoms with Gasteiger partial charge < -0.3 is 14.2 Å². The molecule has 4 heteroatoms. The number of ether oxygens (including phenoxy) is 3. The smallest absolute Gasteiger partial charge is 0.343 e. The molecule has 0 unspecified atom stereocenters. The number of esters is 1. The number of rotatable bonds is 4. The van der Waals surface area contributed by atoms with Crippen LogP contribution in [0.3, 0.4) is 0 Å². The normalized spacial score (nSPS) is 10.1. The van der Waals surface area contributed by atoms with E-state index in [0.29, 0.717) is 17.1 Å². The van der Waals surface area contributed by atoms with Crippen molar-refractivity contribution < 1.29 is 19.0 Å². The van der Waals surface area contributed by atoms with Crippen LogP contribution in [0.4, 0.5) is 0 Å². The zero-order chi connectivity index (χ0) is 15.4. The van der Waals surface area contributed by atoms with E-state index >= 15 is 0 Å². The zero-order valence-corrected chi connectivity index (χ0v) is 12.6. The van der Waals surface area contributed by atoms with Crippen LogP contribution < -0.4 is 14.2 Å². The van der Waals surface area contributed by atoms with Gasteiger partial charge in [0, 0.05) is 0 Å². The third kappa shape index (κ3) is 3.34. The second-order valence-electron chi connectivity index (χ2n) is 4.76. The number of carbonyl (C=O) groups excluding carboxylic acids is 1. The molecule has 0 aliphatic heterocycles. The number of benzene rings is 2. The third-order valence-corrected chi connectivity index (χ3v) is 3.03. The number of hydrogen-bond donors (Lipinski definition) is 0. The first kappa shape index (κ1) is 14.9. The Hall–Kier alpha value is -2.49. The monoisotopic (exact) mass is 286 g/mol. The average molecular weight is 286 g/mol. The van der Waals surface area contributed by atoms with Crippen molar-refractivity contribution in [2.24, 2.45) is 0 Å². The summed E-state index contributed by atoms with van der Waals surface area (Å²) in [7, 11) is 3.03. The van der Waals surface area contributed by atoms with Gasteiger partial charge in [0.25, 0.3) is 0 Å². The Bertz CT molecular complexity index is 619. The van der Waals surface area contributed by atoms with Crippen molar-refractivity contribution in [2.75, 3.05) is 14.2 Å². The van der Waals surface area contributed by atoms with Gasteiger partial charge in [-0.1, -0.05) is 23.3 Å². The quantitative estimate of drug-likeness (QED) is 0.637. The molecule has 0 aliphatic rings. The fraction of sp³-hybridized carbons (Fsp3) is 0.235. The molecule has 0 aliphatic carbocycles. The number of methoxy groups -OCH3 is 2. The molecule has 21 heavy (non-hydrogen) atoms. The molecule has 0 saturated heterocycles. The maximum Gasteiger partial charge on any atom is 0.343 e. The number of para-hydroxylation sites is 1. The van der Waals surface area contributed by atoms with Gasteiger partial charge in [-0.15, -0.1) is 0 Å². The van der Waals surface area contributed by atoms with Gasteiger partial charge in [0.05, 0.1) is 19.8 Å². The van der Waals surface area contributed by atoms with Crippen molar-refractivity contribution in [2.45, 2.75) is 13.8 Å². The molecule has 0 aromatic heterocycles. The maximum atomic E-state index is 12.3. The van der Waals surface area contributed by atoms with Crippen LogP contribution in [0.1, 0.15) is 21.5 Å². The highest BCUT2D eigenvalue weighted by molar-refractivity contribution is 5.92. The third-order valence-electron chi connectivity index (χ3n) is 3.03. The summed E-state index contributed by atoms with van der Waals surface area (Å²) < 4.78 is 15.9. The SMILES string of the molecule is COc1cccc(OC)c1OC(=O)c1cc(C)cc(C)c1. The van der Waals surface area contributed by atoms with E-state index in [1.54, 1.807) is 30.3 Å². The molecular formula is C17H18O4. The lowest BCUT2D eigenvalue weighted by atomic mass is 10.1. The molecule has 4 nitrogen and oxygen atoms in total. The lowest BCUT2D eigenvalue weighted by Crippen LogP contribution is -2.10. The first-order valence-electron chi connectivity index (χ1n) is 6.56. The summed E-state index contributed by atoms with van der Waals surface area (Å²) in [6.45, 7) is 3.88. The van der Waals surface area contributed by atoms with Crippen molar-refractivity contribution in [3.63, 3.8) is 0 Å². The van der Waals surface area contributed by atoms with E-state index in [1.807, 2.05) is 19.9 Å². The summed E-state index contributed by atoms with van der Waals surface area (Å²) in [6.07, 6.45) is 0. The molecule has 0 saturated carbocycles. The Labute approximate surface area is 124 Å². The molecule has 0 bridgehead atoms. The van der Waals surface area contributed by atoms with Gasteiger partial charge in [-0.25, -0.2) is 4.79 Å². The molecule has 0 radical (unpaired) electrons. The summed E-state index contributed by atoms with van der Waals surface area (Å²) >= 11 is 0. The van der Waals surface area contributed by atoms with Crippen molar-refractivity contribution in [3.8, 4) is 17.2 Å². The molecule has 2 aromatic rings. The largest absolute Gasteiger partial charge is 0.493 e. The lowest BCUT2D eigenvalue weighted by Gasteiger charge is -2.13. The van der Waals surface area contributed by atoms with Crippen LogP contribution in [0.25, 0.3) is 0 Å². The van der Waals surface area contributed by atoms with E-state index in [1.165, 1.54) is 14.2 Å². The van der Waals surface area contributed by atoms with E-state index in [0.717, 1.165) is 11.1 Å². The Morgan fingerprint density at radius 1 is 0.905 bits per heavy atom. The fourth-order valence-electron chi connectivity index (χ4n) is 2.16. The maximum absolute atomic E-state index is 12.3. The molecule has 0 amide bonds. The minimum atomic E-state index is -0.440. The first-order chi connectivity index (χ1) is 10.0. The molecule has 0 spiro atoms. The van der Waals surface area contributed by atoms with Gasteiger partial charge in [0.15, 0.2) is 11.5 Å². The van der Waals surface area contributed by atoms with Crippen LogP contribution in [-0.4, -0.2) is 20.2 Å². The van der Waals surface area contributed by atoms with Crippen molar-refractivity contribution in [1.82, 2.24) is 0 Å². The molecular weight excluding hydrogens is 268 g/mol. The number of carbonyl (C=O) groups is 1. The molecule has 0 heterocycles. The van der Waals surface area contributed by atoms with Crippen LogP contribution >= 0.6 is 0 Å². The molecule has 110 valence electrons. The highest BCUT2D eigenvalue weighted by Gasteiger charge is 2.17. The lowest BCUT2D eigenvalue weighted by molar-refractivity contribution is 0.0724. The van der Waals surface area contributed by atoms with Crippen molar-refractivity contribution >= 4 is 5.97 Å². The fourth-order valence-corrected chi connectivity index (χ4v) is 2.16. The topological polar surface area (TPSA) is 44.8 Å². The Kier molecular flexibility index (Phi) is 4.48. The van der Waals surface area contributed by atoms with Crippen LogP contribution in [0.2, 0.25) is 0 Å². The minimum absolute atomic E-state index is 0.284. The van der Waals surface area contributed by atoms with Gasteiger partial charge in [-0.2, -0.15) is 0 Å². The highest BCUT2D eigenvalue weighted by atomic mass is 16.6. The molecule has 0 atom stereocenters. The Morgan fingerprint density at radius 3 is 1.90 bits per heavy atom. The summed E-state index contributed by atoms with van der Waals surface area (Å²) in [5.74, 6) is 0.746. The van der Waals surface area contributed by atoms with Crippen LogP contribution in [-0.2, 0) is 0 Å². The van der Waals surface area contributed by atoms with E-state index in [4.69, 9.17) is 14.2 Å². The zero-order valence-electron chi connectivity index (χ0n) is 12.6. The molecule has 2 aromatic carbocycles. The van der Waals surface area contributed by atoms with E-state index in [9.17, 15) is 4.79 Å². The van der Waals surface area contributed by atoms with Gasteiger partial charge in [-0.3, -0.25) is 0 Å². The minimum Gasteiger partial charge on any atom is -0.493 e. The predicted octanol–water partition coefficient (Wildman–Crippen LogP) is 3.54. The van der Waals surface area contributed by atoms with Gasteiger partial charge in [0.1, 0.15) is 0 Å². The molecule has 0 fully saturated rings. The molecule has 2 rings (SSSR count). The van der Waals surface area contributed by atoms with Gasteiger partial charge in [0.2, 0.25) is 5.75 Å². The summed E-state index contributed by atoms with van der Waals surface area (Å²) in [5.41, 5.74) is 2.52. The van der Waals surface area contributed by atoms with E-state index < -0.39 is 5.97 Å². The van der Waals surface area contributed by atoms with Crippen LogP contribution in [0.5, 0.6) is 17.2 Å². The average Bonchev–Trinajstić information content (AvgIpc) is 2.46. The summed E-state index contributed by atoms with van der Waals surface area (Å²) in [6, 6.07) is 10.8. The Morgan fingerprint density at radius 2 is 1.43 bits per heavy atom. The van der Waals surface area contributed by atoms with Crippen molar-refractivity contribution in [1.29, 1.82) is 0 Å². The second kappa shape index (κ2) is 6.31. The van der Waals surface area contributed by atoms with Crippen LogP contribution in [0, 0.1) is 13.8 Å². The summed E-state index contributed by atoms with van der Waals surface area (Å²) in [4.78, 5) is 12.3. The highest BCUT2D eigenvalue weighted by Crippen LogP contribution is 2.37. The predicted molar refractivity (Wildman–Crippen MR) is 80.4 cm³/mol. The van der Waals surface area contributed by atoms with Gasteiger partial charge in [-0.05, 0) is 38.1 Å². The first-order valence-corrected chi connectivity index (χ1v) is 6.56. The second-order valence-corrected chi connectivity index (χ2v) is 4.76. The van der Waals surface area contributed by atoms with Crippen LogP contribution in [0.15, 0.2) is 36.4 Å². The van der Waals surface area contributed by atoms with E-state index in [2.05, 4.69) is 0 Å². The Balaban J connectivity index is 2.35. The molecule has 0 N–H and O–H groups in total. The van der Waals surface area contributed by atoms with Crippen molar-refractivity contribution in [3.05, 3.63) is 53.1 Å². The van der Waals surface area contributed by atoms with Gasteiger partial charge >= 0.3 is 5.97 Å². The standard InChI is InChI=1S/C17H18O4/c1-11-8-12(2)10-13(9-11)17(18)21-16-14(19-3)6-5-7-15(16)20-4/h5-10H,1-4H3. The van der Waals surface area contributed by atoms with E-state index in [-0.39, 0.29) is 5.75 Å². The summed E-state index contributed by atoms with van der Waals surface area (Å²) in [5, 5.41) is 0. The number of aryl methyl sites for hydroxylation is 2. The number of hydrogen-bond acceptors (Lipinski definition) is 4.